The van der Waals surface area contributed by atoms with Crippen molar-refractivity contribution >= 4 is 17.3 Å². The van der Waals surface area contributed by atoms with E-state index < -0.39 is 34.4 Å². The number of hydrogen-bond donors (Lipinski definition) is 2. The summed E-state index contributed by atoms with van der Waals surface area (Å²) in [6.07, 6.45) is -6.15. The zero-order chi connectivity index (χ0) is 16.2. The number of carbonyl (C=O) groups is 1. The third-order valence-electron chi connectivity index (χ3n) is 2.55. The summed E-state index contributed by atoms with van der Waals surface area (Å²) in [5, 5.41) is 21.7. The fraction of sp³-hybridized carbons (Fsp3) is 0.364. The fourth-order valence-electron chi connectivity index (χ4n) is 1.51. The summed E-state index contributed by atoms with van der Waals surface area (Å²) >= 11 is 0. The Balaban J connectivity index is 3.01. The Hall–Kier alpha value is -2.36. The van der Waals surface area contributed by atoms with E-state index in [1.807, 2.05) is 0 Å². The van der Waals surface area contributed by atoms with Gasteiger partial charge in [-0.05, 0) is 12.1 Å². The predicted octanol–water partition coefficient (Wildman–Crippen LogP) is 2.13. The first kappa shape index (κ1) is 16.7. The smallest absolute Gasteiger partial charge is 0.423 e. The highest BCUT2D eigenvalue weighted by Crippen LogP contribution is 2.37. The molecule has 1 unspecified atom stereocenters. The van der Waals surface area contributed by atoms with Crippen molar-refractivity contribution < 1.29 is 32.7 Å². The third kappa shape index (κ3) is 4.31. The van der Waals surface area contributed by atoms with Crippen molar-refractivity contribution in [2.24, 2.45) is 0 Å². The van der Waals surface area contributed by atoms with Crippen molar-refractivity contribution in [1.82, 2.24) is 0 Å². The molecule has 0 aromatic heterocycles. The summed E-state index contributed by atoms with van der Waals surface area (Å²) in [6, 6.07) is 2.31. The van der Waals surface area contributed by atoms with Gasteiger partial charge in [-0.3, -0.25) is 10.1 Å². The number of alkyl halides is 3. The number of rotatable bonds is 6. The van der Waals surface area contributed by atoms with Crippen molar-refractivity contribution in [3.63, 3.8) is 0 Å². The van der Waals surface area contributed by atoms with E-state index in [0.717, 1.165) is 13.2 Å². The molecule has 0 bridgehead atoms. The van der Waals surface area contributed by atoms with Crippen LogP contribution in [0.1, 0.15) is 5.56 Å². The van der Waals surface area contributed by atoms with Crippen molar-refractivity contribution in [2.45, 2.75) is 12.3 Å². The monoisotopic (exact) mass is 308 g/mol. The molecule has 0 spiro atoms. The summed E-state index contributed by atoms with van der Waals surface area (Å²) < 4.78 is 42.8. The van der Waals surface area contributed by atoms with Crippen molar-refractivity contribution in [1.29, 1.82) is 0 Å². The molecular formula is C11H11F3N2O5. The van der Waals surface area contributed by atoms with Gasteiger partial charge in [0, 0.05) is 18.9 Å². The minimum absolute atomic E-state index is 0.101. The van der Waals surface area contributed by atoms with Gasteiger partial charge < -0.3 is 15.2 Å². The summed E-state index contributed by atoms with van der Waals surface area (Å²) in [5.74, 6) is -1.29. The quantitative estimate of drug-likeness (QED) is 0.616. The molecule has 0 aliphatic heterocycles. The number of anilines is 1. The van der Waals surface area contributed by atoms with Crippen LogP contribution in [-0.2, 0) is 15.7 Å². The van der Waals surface area contributed by atoms with E-state index in [1.165, 1.54) is 0 Å². The molecule has 1 rings (SSSR count). The number of halogens is 3. The van der Waals surface area contributed by atoms with Crippen LogP contribution in [0, 0.1) is 10.1 Å². The van der Waals surface area contributed by atoms with Gasteiger partial charge in [0.05, 0.1) is 11.5 Å². The maximum atomic E-state index is 12.7. The van der Waals surface area contributed by atoms with Crippen LogP contribution in [0.15, 0.2) is 18.2 Å². The van der Waals surface area contributed by atoms with Gasteiger partial charge in [0.15, 0.2) is 6.10 Å². The van der Waals surface area contributed by atoms with Gasteiger partial charge in [-0.1, -0.05) is 0 Å². The zero-order valence-electron chi connectivity index (χ0n) is 10.7. The summed E-state index contributed by atoms with van der Waals surface area (Å²) in [6.45, 7) is -0.291. The van der Waals surface area contributed by atoms with Gasteiger partial charge in [0.1, 0.15) is 5.56 Å². The first-order valence-electron chi connectivity index (χ1n) is 5.52. The Bertz CT molecular complexity index is 547. The second-order valence-corrected chi connectivity index (χ2v) is 3.93. The molecule has 0 heterocycles. The molecular weight excluding hydrogens is 297 g/mol. The molecule has 1 aromatic rings. The van der Waals surface area contributed by atoms with E-state index in [-0.39, 0.29) is 12.2 Å². The van der Waals surface area contributed by atoms with Crippen LogP contribution in [0.2, 0.25) is 0 Å². The van der Waals surface area contributed by atoms with E-state index >= 15 is 0 Å². The molecule has 10 heteroatoms. The molecule has 7 nitrogen and oxygen atoms in total. The summed E-state index contributed by atoms with van der Waals surface area (Å²) in [5.41, 5.74) is -2.59. The first-order chi connectivity index (χ1) is 9.66. The van der Waals surface area contributed by atoms with E-state index in [4.69, 9.17) is 5.11 Å². The van der Waals surface area contributed by atoms with Crippen molar-refractivity contribution in [3.05, 3.63) is 33.9 Å². The predicted molar refractivity (Wildman–Crippen MR) is 65.0 cm³/mol. The molecule has 0 radical (unpaired) electrons. The maximum Gasteiger partial charge on any atom is 0.423 e. The summed E-state index contributed by atoms with van der Waals surface area (Å²) in [4.78, 5) is 20.1. The van der Waals surface area contributed by atoms with Crippen LogP contribution in [0.5, 0.6) is 0 Å². The van der Waals surface area contributed by atoms with Crippen molar-refractivity contribution in [2.75, 3.05) is 19.0 Å². The van der Waals surface area contributed by atoms with Crippen LogP contribution < -0.4 is 5.32 Å². The van der Waals surface area contributed by atoms with Crippen LogP contribution in [0.4, 0.5) is 24.5 Å². The second kappa shape index (κ2) is 6.39. The molecule has 0 fully saturated rings. The number of nitrogens with zero attached hydrogens (tertiary/aromatic N) is 1. The van der Waals surface area contributed by atoms with Crippen molar-refractivity contribution in [3.8, 4) is 0 Å². The normalized spacial score (nSPS) is 12.8. The molecule has 1 atom stereocenters. The molecule has 0 saturated heterocycles. The summed E-state index contributed by atoms with van der Waals surface area (Å²) in [7, 11) is 1.14. The Morgan fingerprint density at radius 2 is 2.14 bits per heavy atom. The maximum absolute atomic E-state index is 12.7. The van der Waals surface area contributed by atoms with Gasteiger partial charge in [0.25, 0.3) is 5.69 Å². The second-order valence-electron chi connectivity index (χ2n) is 3.93. The largest absolute Gasteiger partial charge is 0.479 e. The van der Waals surface area contributed by atoms with E-state index in [2.05, 4.69) is 10.1 Å². The lowest BCUT2D eigenvalue weighted by Crippen LogP contribution is -2.30. The van der Waals surface area contributed by atoms with Gasteiger partial charge in [0.2, 0.25) is 0 Å². The van der Waals surface area contributed by atoms with Crippen LogP contribution in [0.3, 0.4) is 0 Å². The van der Waals surface area contributed by atoms with E-state index in [9.17, 15) is 28.1 Å². The lowest BCUT2D eigenvalue weighted by atomic mass is 10.1. The Kier molecular flexibility index (Phi) is 5.08. The lowest BCUT2D eigenvalue weighted by Gasteiger charge is -2.14. The number of nitro groups is 1. The molecule has 1 aromatic carbocycles. The fourth-order valence-corrected chi connectivity index (χ4v) is 1.51. The number of hydrogen-bond acceptors (Lipinski definition) is 5. The molecule has 0 amide bonds. The number of aliphatic carboxylic acids is 1. The van der Waals surface area contributed by atoms with Gasteiger partial charge >= 0.3 is 12.1 Å². The van der Waals surface area contributed by atoms with Gasteiger partial charge in [-0.15, -0.1) is 0 Å². The number of nitro benzene ring substituents is 1. The third-order valence-corrected chi connectivity index (χ3v) is 2.55. The highest BCUT2D eigenvalue weighted by Gasteiger charge is 2.38. The molecule has 0 aliphatic rings. The topological polar surface area (TPSA) is 102 Å². The molecule has 116 valence electrons. The number of methoxy groups -OCH3 is 1. The Labute approximate surface area is 116 Å². The minimum Gasteiger partial charge on any atom is -0.479 e. The highest BCUT2D eigenvalue weighted by molar-refractivity contribution is 5.73. The number of carboxylic acid groups (broad SMARTS) is 1. The highest BCUT2D eigenvalue weighted by atomic mass is 19.4. The molecule has 2 N–H and O–H groups in total. The van der Waals surface area contributed by atoms with Crippen LogP contribution >= 0.6 is 0 Å². The van der Waals surface area contributed by atoms with E-state index in [1.54, 1.807) is 0 Å². The van der Waals surface area contributed by atoms with E-state index in [0.29, 0.717) is 12.1 Å². The Morgan fingerprint density at radius 1 is 1.52 bits per heavy atom. The van der Waals surface area contributed by atoms with Crippen LogP contribution in [0.25, 0.3) is 0 Å². The van der Waals surface area contributed by atoms with Gasteiger partial charge in [-0.25, -0.2) is 4.79 Å². The molecule has 0 aliphatic carbocycles. The average Bonchev–Trinajstić information content (AvgIpc) is 2.37. The number of ether oxygens (including phenoxy) is 1. The molecule has 21 heavy (non-hydrogen) atoms. The van der Waals surface area contributed by atoms with Crippen LogP contribution in [-0.4, -0.2) is 35.8 Å². The number of nitrogens with one attached hydrogen (secondary N) is 1. The first-order valence-corrected chi connectivity index (χ1v) is 5.52. The zero-order valence-corrected chi connectivity index (χ0v) is 10.7. The Morgan fingerprint density at radius 3 is 2.57 bits per heavy atom. The molecule has 0 saturated carbocycles. The number of carboxylic acids is 1. The average molecular weight is 308 g/mol. The SMILES string of the molecule is COC(CNc1ccc([N+](=O)[O-])c(C(F)(F)F)c1)C(=O)O. The lowest BCUT2D eigenvalue weighted by molar-refractivity contribution is -0.388. The standard InChI is InChI=1S/C11H11F3N2O5/c1-21-9(10(17)18)5-15-6-2-3-8(16(19)20)7(4-6)11(12,13)14/h2-4,9,15H,5H2,1H3,(H,17,18). The number of benzene rings is 1. The van der Waals surface area contributed by atoms with Gasteiger partial charge in [-0.2, -0.15) is 13.2 Å². The minimum atomic E-state index is -4.90.